The highest BCUT2D eigenvalue weighted by Crippen LogP contribution is 2.28. The summed E-state index contributed by atoms with van der Waals surface area (Å²) in [6.45, 7) is 3.67. The molecule has 3 rings (SSSR count). The molecule has 1 aromatic carbocycles. The molecule has 0 unspecified atom stereocenters. The Kier molecular flexibility index (Phi) is 6.78. The Bertz CT molecular complexity index is 692. The van der Waals surface area contributed by atoms with E-state index >= 15 is 0 Å². The highest BCUT2D eigenvalue weighted by Gasteiger charge is 2.32. The maximum atomic E-state index is 12.8. The van der Waals surface area contributed by atoms with Crippen LogP contribution in [0.15, 0.2) is 18.2 Å². The van der Waals surface area contributed by atoms with Crippen molar-refractivity contribution in [3.8, 4) is 11.5 Å². The van der Waals surface area contributed by atoms with Crippen molar-refractivity contribution in [1.82, 2.24) is 9.80 Å². The lowest BCUT2D eigenvalue weighted by molar-refractivity contribution is -0.147. The molecule has 0 atom stereocenters. The van der Waals surface area contributed by atoms with E-state index < -0.39 is 5.97 Å². The van der Waals surface area contributed by atoms with Crippen LogP contribution in [0.4, 0.5) is 0 Å². The predicted molar refractivity (Wildman–Crippen MR) is 104 cm³/mol. The number of carboxylic acid groups (broad SMARTS) is 1. The summed E-state index contributed by atoms with van der Waals surface area (Å²) in [7, 11) is 3.30. The van der Waals surface area contributed by atoms with Crippen molar-refractivity contribution in [2.24, 2.45) is 11.8 Å². The smallest absolute Gasteiger partial charge is 0.306 e. The summed E-state index contributed by atoms with van der Waals surface area (Å²) in [4.78, 5) is 28.1. The Morgan fingerprint density at radius 3 is 2.21 bits per heavy atom. The van der Waals surface area contributed by atoms with Gasteiger partial charge in [-0.3, -0.25) is 14.5 Å². The van der Waals surface area contributed by atoms with Crippen LogP contribution in [-0.2, 0) is 16.1 Å². The van der Waals surface area contributed by atoms with Gasteiger partial charge in [-0.2, -0.15) is 0 Å². The minimum absolute atomic E-state index is 0.0513. The van der Waals surface area contributed by atoms with Crippen LogP contribution in [0.5, 0.6) is 11.5 Å². The average Bonchev–Trinajstić information content (AvgIpc) is 2.74. The van der Waals surface area contributed by atoms with Crippen LogP contribution in [0.1, 0.15) is 31.2 Å². The van der Waals surface area contributed by atoms with Crippen molar-refractivity contribution in [1.29, 1.82) is 0 Å². The monoisotopic (exact) mass is 390 g/mol. The number of piperidine rings is 2. The Morgan fingerprint density at radius 2 is 1.64 bits per heavy atom. The normalized spacial score (nSPS) is 19.4. The Morgan fingerprint density at radius 1 is 1.00 bits per heavy atom. The van der Waals surface area contributed by atoms with Gasteiger partial charge in [-0.15, -0.1) is 0 Å². The number of rotatable bonds is 6. The molecule has 0 aromatic heterocycles. The van der Waals surface area contributed by atoms with Gasteiger partial charge in [-0.05, 0) is 44.8 Å². The van der Waals surface area contributed by atoms with Crippen molar-refractivity contribution >= 4 is 11.9 Å². The van der Waals surface area contributed by atoms with E-state index in [4.69, 9.17) is 14.6 Å². The third kappa shape index (κ3) is 4.76. The van der Waals surface area contributed by atoms with Crippen LogP contribution in [0, 0.1) is 11.8 Å². The highest BCUT2D eigenvalue weighted by molar-refractivity contribution is 5.79. The highest BCUT2D eigenvalue weighted by atomic mass is 16.5. The number of ether oxygens (including phenoxy) is 2. The Balaban J connectivity index is 1.49. The molecule has 2 saturated heterocycles. The number of nitrogens with zero attached hydrogens (tertiary/aromatic N) is 2. The molecular weight excluding hydrogens is 360 g/mol. The van der Waals surface area contributed by atoms with Gasteiger partial charge < -0.3 is 19.5 Å². The number of carboxylic acids is 1. The van der Waals surface area contributed by atoms with E-state index in [0.717, 1.165) is 49.5 Å². The molecule has 1 aromatic rings. The first-order chi connectivity index (χ1) is 13.5. The molecule has 2 heterocycles. The van der Waals surface area contributed by atoms with Crippen molar-refractivity contribution in [2.45, 2.75) is 32.2 Å². The molecule has 1 amide bonds. The molecule has 154 valence electrons. The van der Waals surface area contributed by atoms with Crippen LogP contribution in [-0.4, -0.2) is 67.2 Å². The molecule has 7 heteroatoms. The standard InChI is InChI=1S/C21H30N2O5/c1-27-18-4-3-17(19(13-18)28-2)14-22-9-5-15(6-10-22)20(24)23-11-7-16(8-12-23)21(25)26/h3-4,13,15-16H,5-12,14H2,1-2H3,(H,25,26). The minimum atomic E-state index is -0.741. The molecule has 2 aliphatic rings. The summed E-state index contributed by atoms with van der Waals surface area (Å²) in [6.07, 6.45) is 2.82. The van der Waals surface area contributed by atoms with Gasteiger partial charge in [-0.25, -0.2) is 0 Å². The second-order valence-corrected chi connectivity index (χ2v) is 7.67. The van der Waals surface area contributed by atoms with Crippen molar-refractivity contribution in [3.05, 3.63) is 23.8 Å². The first kappa shape index (κ1) is 20.5. The van der Waals surface area contributed by atoms with E-state index in [1.165, 1.54) is 0 Å². The summed E-state index contributed by atoms with van der Waals surface area (Å²) < 4.78 is 10.7. The number of methoxy groups -OCH3 is 2. The lowest BCUT2D eigenvalue weighted by atomic mass is 9.92. The number of carbonyl (C=O) groups excluding carboxylic acids is 1. The van der Waals surface area contributed by atoms with E-state index in [1.54, 1.807) is 14.2 Å². The molecule has 1 N–H and O–H groups in total. The van der Waals surface area contributed by atoms with Crippen LogP contribution in [0.25, 0.3) is 0 Å². The van der Waals surface area contributed by atoms with Gasteiger partial charge in [0.15, 0.2) is 0 Å². The SMILES string of the molecule is COc1ccc(CN2CCC(C(=O)N3CCC(C(=O)O)CC3)CC2)c(OC)c1. The van der Waals surface area contributed by atoms with Crippen molar-refractivity contribution in [3.63, 3.8) is 0 Å². The molecule has 0 saturated carbocycles. The van der Waals surface area contributed by atoms with E-state index in [0.29, 0.717) is 25.9 Å². The fourth-order valence-corrected chi connectivity index (χ4v) is 4.17. The zero-order valence-electron chi connectivity index (χ0n) is 16.7. The molecular formula is C21H30N2O5. The largest absolute Gasteiger partial charge is 0.497 e. The summed E-state index contributed by atoms with van der Waals surface area (Å²) in [5.41, 5.74) is 1.11. The lowest BCUT2D eigenvalue weighted by Crippen LogP contribution is -2.46. The Hall–Kier alpha value is -2.28. The zero-order chi connectivity index (χ0) is 20.1. The number of hydrogen-bond acceptors (Lipinski definition) is 5. The van der Waals surface area contributed by atoms with Crippen LogP contribution in [0.3, 0.4) is 0 Å². The van der Waals surface area contributed by atoms with E-state index in [9.17, 15) is 9.59 Å². The number of aliphatic carboxylic acids is 1. The molecule has 7 nitrogen and oxygen atoms in total. The molecule has 0 bridgehead atoms. The molecule has 0 aliphatic carbocycles. The molecule has 2 fully saturated rings. The molecule has 0 radical (unpaired) electrons. The quantitative estimate of drug-likeness (QED) is 0.803. The number of likely N-dealkylation sites (tertiary alicyclic amines) is 2. The number of benzene rings is 1. The van der Waals surface area contributed by atoms with Gasteiger partial charge >= 0.3 is 5.97 Å². The van der Waals surface area contributed by atoms with Crippen molar-refractivity contribution in [2.75, 3.05) is 40.4 Å². The van der Waals surface area contributed by atoms with Gasteiger partial charge in [0.25, 0.3) is 0 Å². The van der Waals surface area contributed by atoms with Crippen molar-refractivity contribution < 1.29 is 24.2 Å². The number of amides is 1. The first-order valence-corrected chi connectivity index (χ1v) is 9.96. The van der Waals surface area contributed by atoms with E-state index in [-0.39, 0.29) is 17.7 Å². The first-order valence-electron chi connectivity index (χ1n) is 9.96. The molecule has 0 spiro atoms. The fourth-order valence-electron chi connectivity index (χ4n) is 4.17. The van der Waals surface area contributed by atoms with Gasteiger partial charge in [0, 0.05) is 37.2 Å². The van der Waals surface area contributed by atoms with E-state index in [2.05, 4.69) is 4.90 Å². The summed E-state index contributed by atoms with van der Waals surface area (Å²) in [5.74, 6) is 0.802. The second kappa shape index (κ2) is 9.28. The van der Waals surface area contributed by atoms with Gasteiger partial charge in [0.1, 0.15) is 11.5 Å². The van der Waals surface area contributed by atoms with Crippen LogP contribution < -0.4 is 9.47 Å². The third-order valence-corrected chi connectivity index (χ3v) is 5.98. The summed E-state index contributed by atoms with van der Waals surface area (Å²) >= 11 is 0. The lowest BCUT2D eigenvalue weighted by Gasteiger charge is -2.36. The third-order valence-electron chi connectivity index (χ3n) is 5.98. The van der Waals surface area contributed by atoms with E-state index in [1.807, 2.05) is 23.1 Å². The maximum Gasteiger partial charge on any atom is 0.306 e. The number of hydrogen-bond donors (Lipinski definition) is 1. The molecule has 2 aliphatic heterocycles. The predicted octanol–water partition coefficient (Wildman–Crippen LogP) is 2.24. The zero-order valence-corrected chi connectivity index (χ0v) is 16.7. The fraction of sp³-hybridized carbons (Fsp3) is 0.619. The molecule has 28 heavy (non-hydrogen) atoms. The number of carbonyl (C=O) groups is 2. The average molecular weight is 390 g/mol. The summed E-state index contributed by atoms with van der Waals surface area (Å²) in [5, 5.41) is 9.10. The summed E-state index contributed by atoms with van der Waals surface area (Å²) in [6, 6.07) is 5.86. The topological polar surface area (TPSA) is 79.3 Å². The van der Waals surface area contributed by atoms with Gasteiger partial charge in [0.2, 0.25) is 5.91 Å². The van der Waals surface area contributed by atoms with Crippen LogP contribution >= 0.6 is 0 Å². The Labute approximate surface area is 166 Å². The van der Waals surface area contributed by atoms with Crippen LogP contribution in [0.2, 0.25) is 0 Å². The maximum absolute atomic E-state index is 12.8. The van der Waals surface area contributed by atoms with Gasteiger partial charge in [-0.1, -0.05) is 6.07 Å². The second-order valence-electron chi connectivity index (χ2n) is 7.67. The van der Waals surface area contributed by atoms with Gasteiger partial charge in [0.05, 0.1) is 20.1 Å². The minimum Gasteiger partial charge on any atom is -0.497 e.